The van der Waals surface area contributed by atoms with E-state index in [2.05, 4.69) is 271 Å². The highest BCUT2D eigenvalue weighted by molar-refractivity contribution is 7.26. The highest BCUT2D eigenvalue weighted by Crippen LogP contribution is 2.66. The van der Waals surface area contributed by atoms with Gasteiger partial charge in [0.15, 0.2) is 0 Å². The van der Waals surface area contributed by atoms with Crippen LogP contribution >= 0.6 is 11.3 Å². The molecule has 0 atom stereocenters. The van der Waals surface area contributed by atoms with E-state index in [-0.39, 0.29) is 10.8 Å². The molecule has 0 bridgehead atoms. The third-order valence-corrected chi connectivity index (χ3v) is 19.2. The Morgan fingerprint density at radius 3 is 1.21 bits per heavy atom. The maximum absolute atomic E-state index is 2.62. The van der Waals surface area contributed by atoms with Gasteiger partial charge in [0.05, 0.1) is 21.2 Å². The fourth-order valence-corrected chi connectivity index (χ4v) is 15.8. The van der Waals surface area contributed by atoms with Crippen molar-refractivity contribution in [3.63, 3.8) is 0 Å². The Hall–Kier alpha value is -8.30. The van der Waals surface area contributed by atoms with Crippen molar-refractivity contribution in [3.8, 4) is 44.5 Å². The molecule has 0 saturated heterocycles. The minimum Gasteiger partial charge on any atom is -0.309 e. The molecule has 4 aliphatic rings. The average Bonchev–Trinajstić information content (AvgIpc) is 4.15. The van der Waals surface area contributed by atoms with Gasteiger partial charge in [0.1, 0.15) is 0 Å². The second kappa shape index (κ2) is 15.2. The van der Waals surface area contributed by atoms with E-state index in [1.807, 2.05) is 11.3 Å². The summed E-state index contributed by atoms with van der Waals surface area (Å²) in [4.78, 5) is 2.62. The van der Waals surface area contributed by atoms with E-state index in [1.54, 1.807) is 0 Å². The molecule has 2 spiro atoms. The van der Waals surface area contributed by atoms with Crippen molar-refractivity contribution in [2.75, 3.05) is 4.90 Å². The maximum Gasteiger partial charge on any atom is 0.0726 e. The predicted molar refractivity (Wildman–Crippen MR) is 322 cm³/mol. The Kier molecular flexibility index (Phi) is 8.80. The molecule has 1 heterocycles. The Balaban J connectivity index is 1.01. The monoisotopic (exact) mass is 989 g/mol. The van der Waals surface area contributed by atoms with Crippen LogP contribution in [0, 0.1) is 0 Å². The van der Waals surface area contributed by atoms with Crippen LogP contribution in [0.2, 0.25) is 0 Å². The third kappa shape index (κ3) is 5.60. The van der Waals surface area contributed by atoms with Crippen LogP contribution < -0.4 is 4.90 Å². The fourth-order valence-electron chi connectivity index (χ4n) is 14.6. The van der Waals surface area contributed by atoms with Crippen molar-refractivity contribution >= 4 is 59.3 Å². The van der Waals surface area contributed by atoms with Crippen molar-refractivity contribution in [1.29, 1.82) is 0 Å². The maximum atomic E-state index is 2.62. The Bertz CT molecular complexity index is 4380. The highest BCUT2D eigenvalue weighted by Gasteiger charge is 2.54. The lowest BCUT2D eigenvalue weighted by Gasteiger charge is -2.34. The molecular formula is C74H55NS. The molecule has 0 N–H and O–H groups in total. The summed E-state index contributed by atoms with van der Waals surface area (Å²) < 4.78 is 2.58. The quantitative estimate of drug-likeness (QED) is 0.171. The lowest BCUT2D eigenvalue weighted by Crippen LogP contribution is -2.27. The summed E-state index contributed by atoms with van der Waals surface area (Å²) in [5.74, 6) is 0. The first-order valence-corrected chi connectivity index (χ1v) is 27.9. The topological polar surface area (TPSA) is 3.24 Å². The van der Waals surface area contributed by atoms with E-state index >= 15 is 0 Å². The van der Waals surface area contributed by atoms with Gasteiger partial charge in [0, 0.05) is 26.8 Å². The van der Waals surface area contributed by atoms with Gasteiger partial charge in [-0.1, -0.05) is 230 Å². The molecule has 4 aliphatic carbocycles. The van der Waals surface area contributed by atoms with Gasteiger partial charge in [0.25, 0.3) is 0 Å². The first-order valence-electron chi connectivity index (χ1n) is 27.1. The van der Waals surface area contributed by atoms with Gasteiger partial charge >= 0.3 is 0 Å². The Labute approximate surface area is 449 Å². The molecule has 76 heavy (non-hydrogen) atoms. The van der Waals surface area contributed by atoms with Crippen LogP contribution in [0.25, 0.3) is 75.5 Å². The van der Waals surface area contributed by atoms with Crippen LogP contribution in [-0.2, 0) is 21.7 Å². The summed E-state index contributed by atoms with van der Waals surface area (Å²) in [5, 5.41) is 5.18. The average molecular weight is 990 g/mol. The number of anilines is 3. The van der Waals surface area contributed by atoms with E-state index in [9.17, 15) is 0 Å². The number of thiophene rings is 1. The van der Waals surface area contributed by atoms with Crippen molar-refractivity contribution < 1.29 is 0 Å². The van der Waals surface area contributed by atoms with Gasteiger partial charge in [-0.3, -0.25) is 0 Å². The van der Waals surface area contributed by atoms with E-state index in [0.717, 1.165) is 11.4 Å². The van der Waals surface area contributed by atoms with Gasteiger partial charge in [-0.2, -0.15) is 0 Å². The number of hydrogen-bond acceptors (Lipinski definition) is 2. The standard InChI is InChI=1S/C74H55NS/c1-71(2,3)45-31-35-54-55-36-32-46(72(4,5)6)41-64(55)74(63(54)40-45)62-28-16-12-23-53(62)57-38-34-48(43-66(57)74)75(67-29-17-24-58-69-49-19-8-7-18-44(49)30-39-68(69)76-70(58)67)47-33-37-56-52-22-11-15-27-61(52)73(65(56)42-47)59-25-13-9-20-50(59)51-21-10-14-26-60(51)73/h7-43H,1-6H3. The SMILES string of the molecule is CC(C)(C)c1ccc2c(c1)C1(c3ccccc3-c3ccc(N(c4ccc5c(c4)C4(c6ccccc6-c6ccccc64)c4ccccc4-5)c4cccc5c4sc4ccc6ccccc6c45)cc31)c1cc(C(C)(C)C)ccc1-2. The Morgan fingerprint density at radius 1 is 0.329 bits per heavy atom. The van der Waals surface area contributed by atoms with Crippen molar-refractivity contribution in [2.24, 2.45) is 0 Å². The molecule has 0 saturated carbocycles. The van der Waals surface area contributed by atoms with Crippen molar-refractivity contribution in [3.05, 3.63) is 280 Å². The van der Waals surface area contributed by atoms with Crippen molar-refractivity contribution in [2.45, 2.75) is 63.2 Å². The fraction of sp³-hybridized carbons (Fsp3) is 0.135. The number of nitrogens with zero attached hydrogens (tertiary/aromatic N) is 1. The molecule has 0 amide bonds. The minimum absolute atomic E-state index is 0.0413. The van der Waals surface area contributed by atoms with Crippen LogP contribution in [0.3, 0.4) is 0 Å². The molecule has 16 rings (SSSR count). The number of rotatable bonds is 3. The summed E-state index contributed by atoms with van der Waals surface area (Å²) in [5.41, 5.74) is 26.4. The second-order valence-corrected chi connectivity index (χ2v) is 25.0. The van der Waals surface area contributed by atoms with E-state index in [4.69, 9.17) is 0 Å². The molecular weight excluding hydrogens is 935 g/mol. The zero-order valence-corrected chi connectivity index (χ0v) is 44.5. The summed E-state index contributed by atoms with van der Waals surface area (Å²) in [6, 6.07) is 87.0. The van der Waals surface area contributed by atoms with Gasteiger partial charge in [-0.15, -0.1) is 11.3 Å². The summed E-state index contributed by atoms with van der Waals surface area (Å²) >= 11 is 1.92. The summed E-state index contributed by atoms with van der Waals surface area (Å²) in [6.45, 7) is 14.1. The van der Waals surface area contributed by atoms with Crippen LogP contribution in [0.1, 0.15) is 97.2 Å². The zero-order valence-electron chi connectivity index (χ0n) is 43.7. The molecule has 362 valence electrons. The first kappa shape index (κ1) is 44.0. The van der Waals surface area contributed by atoms with Crippen molar-refractivity contribution in [1.82, 2.24) is 0 Å². The van der Waals surface area contributed by atoms with Gasteiger partial charge in [-0.05, 0) is 158 Å². The number of hydrogen-bond donors (Lipinski definition) is 0. The third-order valence-electron chi connectivity index (χ3n) is 18.0. The molecule has 0 radical (unpaired) electrons. The molecule has 1 aromatic heterocycles. The molecule has 0 unspecified atom stereocenters. The minimum atomic E-state index is -0.551. The molecule has 11 aromatic carbocycles. The van der Waals surface area contributed by atoms with Crippen LogP contribution in [0.5, 0.6) is 0 Å². The smallest absolute Gasteiger partial charge is 0.0726 e. The Morgan fingerprint density at radius 2 is 0.724 bits per heavy atom. The van der Waals surface area contributed by atoms with Crippen LogP contribution in [0.15, 0.2) is 224 Å². The second-order valence-electron chi connectivity index (χ2n) is 23.9. The van der Waals surface area contributed by atoms with E-state index in [1.165, 1.54) is 137 Å². The first-order chi connectivity index (χ1) is 37.0. The number of fused-ring (bicyclic) bond motifs is 25. The molecule has 2 heteroatoms. The van der Waals surface area contributed by atoms with Gasteiger partial charge < -0.3 is 4.90 Å². The summed E-state index contributed by atoms with van der Waals surface area (Å²) in [7, 11) is 0. The predicted octanol–water partition coefficient (Wildman–Crippen LogP) is 20.0. The zero-order chi connectivity index (χ0) is 51.0. The van der Waals surface area contributed by atoms with E-state index < -0.39 is 10.8 Å². The summed E-state index contributed by atoms with van der Waals surface area (Å²) in [6.07, 6.45) is 0. The highest BCUT2D eigenvalue weighted by atomic mass is 32.1. The molecule has 0 fully saturated rings. The van der Waals surface area contributed by atoms with Gasteiger partial charge in [-0.25, -0.2) is 0 Å². The van der Waals surface area contributed by atoms with Crippen LogP contribution in [-0.4, -0.2) is 0 Å². The molecule has 1 nitrogen and oxygen atoms in total. The molecule has 12 aromatic rings. The lowest BCUT2D eigenvalue weighted by molar-refractivity contribution is 0.586. The van der Waals surface area contributed by atoms with Gasteiger partial charge in [0.2, 0.25) is 0 Å². The lowest BCUT2D eigenvalue weighted by atomic mass is 9.68. The normalized spacial score (nSPS) is 14.7. The van der Waals surface area contributed by atoms with E-state index in [0.29, 0.717) is 0 Å². The number of benzene rings is 11. The molecule has 0 aliphatic heterocycles. The van der Waals surface area contributed by atoms with Crippen LogP contribution in [0.4, 0.5) is 17.1 Å². The largest absolute Gasteiger partial charge is 0.309 e.